The van der Waals surface area contributed by atoms with E-state index in [-0.39, 0.29) is 17.3 Å². The van der Waals surface area contributed by atoms with E-state index >= 15 is 0 Å². The molecule has 0 saturated heterocycles. The van der Waals surface area contributed by atoms with Crippen molar-refractivity contribution in [1.29, 1.82) is 0 Å². The number of halogens is 2. The fraction of sp³-hybridized carbons (Fsp3) is 0.105. The number of anilines is 3. The van der Waals surface area contributed by atoms with Gasteiger partial charge in [0.25, 0.3) is 5.91 Å². The van der Waals surface area contributed by atoms with Crippen molar-refractivity contribution in [3.8, 4) is 0 Å². The molecule has 5 nitrogen and oxygen atoms in total. The summed E-state index contributed by atoms with van der Waals surface area (Å²) in [6, 6.07) is 12.0. The highest BCUT2D eigenvalue weighted by molar-refractivity contribution is 6.03. The largest absolute Gasteiger partial charge is 0.324 e. The Balaban J connectivity index is 1.79. The molecule has 0 aliphatic rings. The first kappa shape index (κ1) is 17.5. The molecule has 0 saturated carbocycles. The molecular formula is C19H16F2N4O. The van der Waals surface area contributed by atoms with Gasteiger partial charge in [-0.25, -0.2) is 18.7 Å². The van der Waals surface area contributed by atoms with E-state index in [9.17, 15) is 13.6 Å². The Morgan fingerprint density at radius 3 is 2.65 bits per heavy atom. The predicted molar refractivity (Wildman–Crippen MR) is 95.4 cm³/mol. The lowest BCUT2D eigenvalue weighted by Crippen LogP contribution is -2.15. The summed E-state index contributed by atoms with van der Waals surface area (Å²) in [5, 5.41) is 5.44. The summed E-state index contributed by atoms with van der Waals surface area (Å²) in [6.07, 6.45) is 2.26. The third-order valence-electron chi connectivity index (χ3n) is 3.71. The predicted octanol–water partition coefficient (Wildman–Crippen LogP) is 4.31. The minimum Gasteiger partial charge on any atom is -0.324 e. The number of hydrogen-bond acceptors (Lipinski definition) is 4. The number of aryl methyl sites for hydroxylation is 1. The van der Waals surface area contributed by atoms with Crippen LogP contribution in [0, 0.1) is 11.6 Å². The second-order valence-electron chi connectivity index (χ2n) is 5.48. The van der Waals surface area contributed by atoms with Gasteiger partial charge in [0.05, 0.1) is 5.69 Å². The number of carbonyl (C=O) groups excluding carboxylic acids is 1. The highest BCUT2D eigenvalue weighted by Crippen LogP contribution is 2.20. The lowest BCUT2D eigenvalue weighted by Gasteiger charge is -2.10. The highest BCUT2D eigenvalue weighted by atomic mass is 19.1. The van der Waals surface area contributed by atoms with E-state index in [0.717, 1.165) is 29.8 Å². The Bertz CT molecular complexity index is 946. The number of carbonyl (C=O) groups is 1. The lowest BCUT2D eigenvalue weighted by atomic mass is 10.1. The molecule has 0 spiro atoms. The van der Waals surface area contributed by atoms with Gasteiger partial charge in [0.2, 0.25) is 5.95 Å². The number of benzene rings is 2. The molecule has 132 valence electrons. The second-order valence-corrected chi connectivity index (χ2v) is 5.48. The van der Waals surface area contributed by atoms with Crippen LogP contribution in [0.1, 0.15) is 23.0 Å². The van der Waals surface area contributed by atoms with Crippen LogP contribution in [0.2, 0.25) is 0 Å². The van der Waals surface area contributed by atoms with E-state index in [2.05, 4.69) is 20.6 Å². The molecule has 0 radical (unpaired) electrons. The van der Waals surface area contributed by atoms with Gasteiger partial charge in [-0.2, -0.15) is 0 Å². The van der Waals surface area contributed by atoms with Crippen LogP contribution in [-0.2, 0) is 6.42 Å². The summed E-state index contributed by atoms with van der Waals surface area (Å²) in [5.74, 6) is -1.95. The molecule has 1 amide bonds. The van der Waals surface area contributed by atoms with E-state index in [1.807, 2.05) is 31.2 Å². The van der Waals surface area contributed by atoms with Gasteiger partial charge in [0.1, 0.15) is 17.3 Å². The molecule has 3 rings (SSSR count). The van der Waals surface area contributed by atoms with Crippen molar-refractivity contribution in [3.05, 3.63) is 77.6 Å². The van der Waals surface area contributed by atoms with Crippen molar-refractivity contribution in [2.24, 2.45) is 0 Å². The van der Waals surface area contributed by atoms with Crippen molar-refractivity contribution in [2.45, 2.75) is 13.3 Å². The summed E-state index contributed by atoms with van der Waals surface area (Å²) in [6.45, 7) is 2.03. The van der Waals surface area contributed by atoms with Crippen LogP contribution in [0.25, 0.3) is 0 Å². The van der Waals surface area contributed by atoms with E-state index in [0.29, 0.717) is 6.07 Å². The molecule has 0 fully saturated rings. The molecule has 1 aromatic heterocycles. The number of rotatable bonds is 5. The lowest BCUT2D eigenvalue weighted by molar-refractivity contribution is 0.102. The normalized spacial score (nSPS) is 10.4. The first-order valence-corrected chi connectivity index (χ1v) is 8.01. The van der Waals surface area contributed by atoms with Gasteiger partial charge >= 0.3 is 0 Å². The zero-order valence-corrected chi connectivity index (χ0v) is 14.0. The van der Waals surface area contributed by atoms with E-state index in [4.69, 9.17) is 0 Å². The summed E-state index contributed by atoms with van der Waals surface area (Å²) < 4.78 is 26.6. The van der Waals surface area contributed by atoms with Gasteiger partial charge < -0.3 is 10.6 Å². The maximum Gasteiger partial charge on any atom is 0.274 e. The quantitative estimate of drug-likeness (QED) is 0.716. The van der Waals surface area contributed by atoms with Crippen molar-refractivity contribution in [1.82, 2.24) is 9.97 Å². The van der Waals surface area contributed by atoms with Gasteiger partial charge in [-0.1, -0.05) is 25.1 Å². The maximum absolute atomic E-state index is 13.7. The number of amides is 1. The molecule has 0 aliphatic heterocycles. The second kappa shape index (κ2) is 7.69. The van der Waals surface area contributed by atoms with Crippen LogP contribution in [0.15, 0.2) is 54.7 Å². The van der Waals surface area contributed by atoms with E-state index in [1.165, 1.54) is 12.3 Å². The first-order valence-electron chi connectivity index (χ1n) is 8.01. The molecule has 26 heavy (non-hydrogen) atoms. The number of para-hydroxylation sites is 1. The molecule has 3 aromatic rings. The molecule has 7 heteroatoms. The van der Waals surface area contributed by atoms with Gasteiger partial charge in [-0.05, 0) is 36.2 Å². The Morgan fingerprint density at radius 2 is 1.88 bits per heavy atom. The molecular weight excluding hydrogens is 338 g/mol. The monoisotopic (exact) mass is 354 g/mol. The summed E-state index contributed by atoms with van der Waals surface area (Å²) in [7, 11) is 0. The minimum absolute atomic E-state index is 0.0557. The molecule has 1 heterocycles. The first-order chi connectivity index (χ1) is 12.6. The Kier molecular flexibility index (Phi) is 5.17. The highest BCUT2D eigenvalue weighted by Gasteiger charge is 2.13. The summed E-state index contributed by atoms with van der Waals surface area (Å²) in [4.78, 5) is 20.5. The molecule has 0 unspecified atom stereocenters. The maximum atomic E-state index is 13.7. The zero-order chi connectivity index (χ0) is 18.5. The van der Waals surface area contributed by atoms with Gasteiger partial charge in [-0.3, -0.25) is 4.79 Å². The third-order valence-corrected chi connectivity index (χ3v) is 3.71. The summed E-state index contributed by atoms with van der Waals surface area (Å²) in [5.41, 5.74) is 1.86. The average molecular weight is 354 g/mol. The summed E-state index contributed by atoms with van der Waals surface area (Å²) >= 11 is 0. The SMILES string of the molecule is CCc1ccccc1Nc1nccc(C(=O)Nc2ccc(F)cc2F)n1. The van der Waals surface area contributed by atoms with Crippen molar-refractivity contribution in [3.63, 3.8) is 0 Å². The zero-order valence-electron chi connectivity index (χ0n) is 14.0. The number of nitrogens with zero attached hydrogens (tertiary/aromatic N) is 2. The molecule has 0 atom stereocenters. The van der Waals surface area contributed by atoms with Crippen LogP contribution in [0.3, 0.4) is 0 Å². The molecule has 2 aromatic carbocycles. The van der Waals surface area contributed by atoms with Crippen LogP contribution in [0.5, 0.6) is 0 Å². The molecule has 0 aliphatic carbocycles. The molecule has 2 N–H and O–H groups in total. The average Bonchev–Trinajstić information content (AvgIpc) is 2.64. The van der Waals surface area contributed by atoms with E-state index < -0.39 is 17.5 Å². The number of nitrogens with one attached hydrogen (secondary N) is 2. The standard InChI is InChI=1S/C19H16F2N4O/c1-2-12-5-3-4-6-15(12)24-19-22-10-9-17(25-19)18(26)23-16-8-7-13(20)11-14(16)21/h3-11H,2H2,1H3,(H,23,26)(H,22,24,25). The molecule has 0 bridgehead atoms. The Labute approximate surface area is 149 Å². The van der Waals surface area contributed by atoms with Gasteiger partial charge in [-0.15, -0.1) is 0 Å². The fourth-order valence-corrected chi connectivity index (χ4v) is 2.39. The van der Waals surface area contributed by atoms with Crippen molar-refractivity contribution < 1.29 is 13.6 Å². The van der Waals surface area contributed by atoms with Crippen LogP contribution < -0.4 is 10.6 Å². The fourth-order valence-electron chi connectivity index (χ4n) is 2.39. The topological polar surface area (TPSA) is 66.9 Å². The third kappa shape index (κ3) is 4.00. The number of aromatic nitrogens is 2. The van der Waals surface area contributed by atoms with Crippen LogP contribution in [-0.4, -0.2) is 15.9 Å². The van der Waals surface area contributed by atoms with Gasteiger partial charge in [0.15, 0.2) is 0 Å². The smallest absolute Gasteiger partial charge is 0.274 e. The van der Waals surface area contributed by atoms with Gasteiger partial charge in [0, 0.05) is 18.0 Å². The van der Waals surface area contributed by atoms with Crippen molar-refractivity contribution >= 4 is 23.2 Å². The Morgan fingerprint density at radius 1 is 1.08 bits per heavy atom. The number of hydrogen-bond donors (Lipinski definition) is 2. The Hall–Kier alpha value is -3.35. The van der Waals surface area contributed by atoms with E-state index in [1.54, 1.807) is 0 Å². The minimum atomic E-state index is -0.859. The van der Waals surface area contributed by atoms with Crippen LogP contribution >= 0.6 is 0 Å². The van der Waals surface area contributed by atoms with Crippen LogP contribution in [0.4, 0.5) is 26.1 Å². The van der Waals surface area contributed by atoms with Crippen molar-refractivity contribution in [2.75, 3.05) is 10.6 Å².